The molecule has 0 saturated carbocycles. The van der Waals surface area contributed by atoms with Gasteiger partial charge in [0.2, 0.25) is 0 Å². The van der Waals surface area contributed by atoms with Gasteiger partial charge in [-0.25, -0.2) is 4.79 Å². The molecule has 6 heteroatoms. The van der Waals surface area contributed by atoms with E-state index in [4.69, 9.17) is 0 Å². The van der Waals surface area contributed by atoms with Crippen LogP contribution in [0, 0.1) is 6.92 Å². The van der Waals surface area contributed by atoms with Crippen LogP contribution in [0.1, 0.15) is 24.2 Å². The predicted molar refractivity (Wildman–Crippen MR) is 84.5 cm³/mol. The largest absolute Gasteiger partial charge is 0.378 e. The standard InChI is InChI=1S/C15H21N5O/c1-10(14-9-20(4)19-11(14)2)17-12-5-7-13(8-6-12)18-15(21)16-3/h5-10,17H,1-4H3,(H2,16,18,21). The molecule has 1 aromatic heterocycles. The van der Waals surface area contributed by atoms with E-state index in [1.807, 2.05) is 49.1 Å². The van der Waals surface area contributed by atoms with Crippen LogP contribution in [0.25, 0.3) is 0 Å². The summed E-state index contributed by atoms with van der Waals surface area (Å²) in [6, 6.07) is 7.54. The summed E-state index contributed by atoms with van der Waals surface area (Å²) in [5.74, 6) is 0. The van der Waals surface area contributed by atoms with Gasteiger partial charge in [0.25, 0.3) is 0 Å². The Balaban J connectivity index is 2.03. The van der Waals surface area contributed by atoms with Gasteiger partial charge in [-0.1, -0.05) is 0 Å². The van der Waals surface area contributed by atoms with Gasteiger partial charge in [-0.2, -0.15) is 5.10 Å². The summed E-state index contributed by atoms with van der Waals surface area (Å²) in [7, 11) is 3.51. The molecule has 0 aliphatic carbocycles. The van der Waals surface area contributed by atoms with E-state index in [1.165, 1.54) is 5.56 Å². The molecule has 1 atom stereocenters. The van der Waals surface area contributed by atoms with E-state index in [9.17, 15) is 4.79 Å². The van der Waals surface area contributed by atoms with Crippen molar-refractivity contribution in [2.45, 2.75) is 19.9 Å². The quantitative estimate of drug-likeness (QED) is 0.809. The van der Waals surface area contributed by atoms with E-state index < -0.39 is 0 Å². The molecule has 112 valence electrons. The van der Waals surface area contributed by atoms with Crippen LogP contribution in [0.2, 0.25) is 0 Å². The van der Waals surface area contributed by atoms with Gasteiger partial charge in [0.1, 0.15) is 0 Å². The highest BCUT2D eigenvalue weighted by Gasteiger charge is 2.11. The van der Waals surface area contributed by atoms with E-state index in [1.54, 1.807) is 7.05 Å². The zero-order valence-corrected chi connectivity index (χ0v) is 12.8. The van der Waals surface area contributed by atoms with Gasteiger partial charge >= 0.3 is 6.03 Å². The van der Waals surface area contributed by atoms with E-state index in [2.05, 4.69) is 28.0 Å². The molecule has 1 aromatic carbocycles. The highest BCUT2D eigenvalue weighted by Crippen LogP contribution is 2.22. The highest BCUT2D eigenvalue weighted by atomic mass is 16.2. The molecule has 0 fully saturated rings. The van der Waals surface area contributed by atoms with E-state index in [-0.39, 0.29) is 12.1 Å². The van der Waals surface area contributed by atoms with Gasteiger partial charge in [0.15, 0.2) is 0 Å². The van der Waals surface area contributed by atoms with Gasteiger partial charge < -0.3 is 16.0 Å². The Labute approximate surface area is 124 Å². The summed E-state index contributed by atoms with van der Waals surface area (Å²) in [6.07, 6.45) is 2.02. The first kappa shape index (κ1) is 14.9. The number of aromatic nitrogens is 2. The maximum Gasteiger partial charge on any atom is 0.318 e. The summed E-state index contributed by atoms with van der Waals surface area (Å²) in [6.45, 7) is 4.10. The summed E-state index contributed by atoms with van der Waals surface area (Å²) >= 11 is 0. The van der Waals surface area contributed by atoms with E-state index in [0.717, 1.165) is 17.1 Å². The number of nitrogens with one attached hydrogen (secondary N) is 3. The first-order valence-corrected chi connectivity index (χ1v) is 6.85. The molecule has 0 aliphatic rings. The summed E-state index contributed by atoms with van der Waals surface area (Å²) in [4.78, 5) is 11.2. The highest BCUT2D eigenvalue weighted by molar-refractivity contribution is 5.89. The van der Waals surface area contributed by atoms with Crippen LogP contribution in [0.4, 0.5) is 16.2 Å². The Bertz CT molecular complexity index is 617. The number of rotatable bonds is 4. The second kappa shape index (κ2) is 6.30. The topological polar surface area (TPSA) is 71.0 Å². The maximum atomic E-state index is 11.2. The van der Waals surface area contributed by atoms with Crippen molar-refractivity contribution >= 4 is 17.4 Å². The smallest absolute Gasteiger partial charge is 0.318 e. The van der Waals surface area contributed by atoms with Crippen molar-refractivity contribution in [1.82, 2.24) is 15.1 Å². The Morgan fingerprint density at radius 1 is 1.24 bits per heavy atom. The van der Waals surface area contributed by atoms with Crippen molar-refractivity contribution in [2.24, 2.45) is 7.05 Å². The molecule has 3 N–H and O–H groups in total. The minimum Gasteiger partial charge on any atom is -0.378 e. The van der Waals surface area contributed by atoms with Gasteiger partial charge in [-0.05, 0) is 38.1 Å². The van der Waals surface area contributed by atoms with Gasteiger partial charge in [0, 0.05) is 37.2 Å². The molecule has 6 nitrogen and oxygen atoms in total. The number of aryl methyl sites for hydroxylation is 2. The average molecular weight is 287 g/mol. The molecule has 0 spiro atoms. The number of hydrogen-bond acceptors (Lipinski definition) is 3. The molecule has 1 heterocycles. The van der Waals surface area contributed by atoms with Crippen LogP contribution in [-0.2, 0) is 7.05 Å². The zero-order chi connectivity index (χ0) is 15.4. The lowest BCUT2D eigenvalue weighted by Gasteiger charge is -2.15. The Morgan fingerprint density at radius 2 is 1.86 bits per heavy atom. The Hall–Kier alpha value is -2.50. The number of nitrogens with zero attached hydrogens (tertiary/aromatic N) is 2. The number of amides is 2. The summed E-state index contributed by atoms with van der Waals surface area (Å²) in [5, 5.41) is 13.0. The molecule has 0 aliphatic heterocycles. The molecule has 0 bridgehead atoms. The first-order valence-electron chi connectivity index (χ1n) is 6.85. The molecule has 2 rings (SSSR count). The van der Waals surface area contributed by atoms with Crippen LogP contribution < -0.4 is 16.0 Å². The Morgan fingerprint density at radius 3 is 2.38 bits per heavy atom. The second-order valence-corrected chi connectivity index (χ2v) is 4.99. The summed E-state index contributed by atoms with van der Waals surface area (Å²) in [5.41, 5.74) is 3.94. The summed E-state index contributed by atoms with van der Waals surface area (Å²) < 4.78 is 1.82. The van der Waals surface area contributed by atoms with Crippen LogP contribution in [0.3, 0.4) is 0 Å². The van der Waals surface area contributed by atoms with Crippen LogP contribution in [0.5, 0.6) is 0 Å². The molecule has 2 amide bonds. The third-order valence-electron chi connectivity index (χ3n) is 3.27. The van der Waals surface area contributed by atoms with Gasteiger partial charge in [0.05, 0.1) is 11.7 Å². The Kier molecular flexibility index (Phi) is 4.47. The SMILES string of the molecule is CNC(=O)Nc1ccc(NC(C)c2cn(C)nc2C)cc1. The number of anilines is 2. The molecular formula is C15H21N5O. The first-order chi connectivity index (χ1) is 9.99. The molecule has 0 radical (unpaired) electrons. The number of carbonyl (C=O) groups is 1. The fraction of sp³-hybridized carbons (Fsp3) is 0.333. The lowest BCUT2D eigenvalue weighted by atomic mass is 10.1. The van der Waals surface area contributed by atoms with Crippen molar-refractivity contribution in [3.05, 3.63) is 41.7 Å². The maximum absolute atomic E-state index is 11.2. The monoisotopic (exact) mass is 287 g/mol. The van der Waals surface area contributed by atoms with Crippen LogP contribution >= 0.6 is 0 Å². The van der Waals surface area contributed by atoms with Crippen LogP contribution in [-0.4, -0.2) is 22.9 Å². The minimum absolute atomic E-state index is 0.163. The molecule has 0 saturated heterocycles. The third kappa shape index (κ3) is 3.75. The van der Waals surface area contributed by atoms with Crippen LogP contribution in [0.15, 0.2) is 30.5 Å². The van der Waals surface area contributed by atoms with E-state index >= 15 is 0 Å². The minimum atomic E-state index is -0.227. The van der Waals surface area contributed by atoms with Crippen molar-refractivity contribution in [3.8, 4) is 0 Å². The zero-order valence-electron chi connectivity index (χ0n) is 12.8. The fourth-order valence-corrected chi connectivity index (χ4v) is 2.21. The molecule has 1 unspecified atom stereocenters. The number of hydrogen-bond donors (Lipinski definition) is 3. The lowest BCUT2D eigenvalue weighted by Crippen LogP contribution is -2.24. The second-order valence-electron chi connectivity index (χ2n) is 4.99. The fourth-order valence-electron chi connectivity index (χ4n) is 2.21. The van der Waals surface area contributed by atoms with Gasteiger partial charge in [-0.15, -0.1) is 0 Å². The van der Waals surface area contributed by atoms with Crippen molar-refractivity contribution in [1.29, 1.82) is 0 Å². The molecular weight excluding hydrogens is 266 g/mol. The van der Waals surface area contributed by atoms with Gasteiger partial charge in [-0.3, -0.25) is 4.68 Å². The molecule has 21 heavy (non-hydrogen) atoms. The van der Waals surface area contributed by atoms with Crippen molar-refractivity contribution in [3.63, 3.8) is 0 Å². The normalized spacial score (nSPS) is 11.8. The molecule has 2 aromatic rings. The lowest BCUT2D eigenvalue weighted by molar-refractivity contribution is 0.254. The third-order valence-corrected chi connectivity index (χ3v) is 3.27. The predicted octanol–water partition coefficient (Wildman–Crippen LogP) is 2.65. The number of benzene rings is 1. The van der Waals surface area contributed by atoms with Crippen molar-refractivity contribution in [2.75, 3.05) is 17.7 Å². The van der Waals surface area contributed by atoms with Crippen molar-refractivity contribution < 1.29 is 4.79 Å². The number of urea groups is 1. The van der Waals surface area contributed by atoms with E-state index in [0.29, 0.717) is 0 Å². The average Bonchev–Trinajstić information content (AvgIpc) is 2.80. The number of carbonyl (C=O) groups excluding carboxylic acids is 1.